The van der Waals surface area contributed by atoms with E-state index in [2.05, 4.69) is 31.2 Å². The second-order valence-corrected chi connectivity index (χ2v) is 8.98. The van der Waals surface area contributed by atoms with Crippen molar-refractivity contribution in [2.45, 2.75) is 70.6 Å². The van der Waals surface area contributed by atoms with E-state index in [0.29, 0.717) is 0 Å². The van der Waals surface area contributed by atoms with Gasteiger partial charge in [-0.15, -0.1) is 0 Å². The van der Waals surface area contributed by atoms with Crippen molar-refractivity contribution in [3.63, 3.8) is 0 Å². The Morgan fingerprint density at radius 1 is 0.852 bits per heavy atom. The summed E-state index contributed by atoms with van der Waals surface area (Å²) in [6.45, 7) is 2.32. The molecule has 0 nitrogen and oxygen atoms in total. The van der Waals surface area contributed by atoms with Gasteiger partial charge in [0.1, 0.15) is 5.82 Å². The van der Waals surface area contributed by atoms with Gasteiger partial charge in [-0.2, -0.15) is 0 Å². The lowest BCUT2D eigenvalue weighted by Crippen LogP contribution is -2.30. The van der Waals surface area contributed by atoms with Crippen LogP contribution in [0, 0.1) is 23.6 Å². The number of hydrogen-bond donors (Lipinski definition) is 0. The third-order valence-electron chi connectivity index (χ3n) is 7.23. The van der Waals surface area contributed by atoms with Crippen molar-refractivity contribution >= 4 is 0 Å². The average molecular weight is 365 g/mol. The van der Waals surface area contributed by atoms with Gasteiger partial charge in [0.25, 0.3) is 0 Å². The molecular weight excluding hydrogens is 331 g/mol. The molecule has 0 spiro atoms. The normalized spacial score (nSPS) is 27.9. The summed E-state index contributed by atoms with van der Waals surface area (Å²) in [4.78, 5) is 0. The molecule has 2 fully saturated rings. The van der Waals surface area contributed by atoms with Crippen molar-refractivity contribution in [2.24, 2.45) is 17.8 Å². The first-order chi connectivity index (χ1) is 13.2. The maximum atomic E-state index is 13.5. The maximum Gasteiger partial charge on any atom is 0.123 e. The summed E-state index contributed by atoms with van der Waals surface area (Å²) < 4.78 is 13.5. The highest BCUT2D eigenvalue weighted by Gasteiger charge is 2.35. The summed E-state index contributed by atoms with van der Waals surface area (Å²) in [6, 6.07) is 15.8. The van der Waals surface area contributed by atoms with Gasteiger partial charge in [0, 0.05) is 0 Å². The van der Waals surface area contributed by atoms with Gasteiger partial charge in [0.05, 0.1) is 0 Å². The molecule has 0 heterocycles. The standard InChI is InChI=1S/C26H33F/c1-2-3-5-19-8-9-25-17-24(15-14-23(25)16-19)21-12-10-20(11-13-21)22-6-4-7-26(27)18-22/h4,6-7,10-13,18-19,23-25H,2-3,5,8-9,14-17H2,1H3. The van der Waals surface area contributed by atoms with Gasteiger partial charge in [-0.25, -0.2) is 4.39 Å². The van der Waals surface area contributed by atoms with E-state index in [4.69, 9.17) is 0 Å². The first-order valence-corrected chi connectivity index (χ1v) is 11.1. The zero-order valence-electron chi connectivity index (χ0n) is 16.7. The number of benzene rings is 2. The smallest absolute Gasteiger partial charge is 0.123 e. The van der Waals surface area contributed by atoms with Crippen molar-refractivity contribution in [2.75, 3.05) is 0 Å². The third kappa shape index (κ3) is 4.45. The van der Waals surface area contributed by atoms with Gasteiger partial charge in [0.15, 0.2) is 0 Å². The van der Waals surface area contributed by atoms with E-state index in [1.54, 1.807) is 12.1 Å². The van der Waals surface area contributed by atoms with Crippen LogP contribution in [0.2, 0.25) is 0 Å². The van der Waals surface area contributed by atoms with E-state index in [1.165, 1.54) is 69.4 Å². The molecule has 0 aromatic heterocycles. The lowest BCUT2D eigenvalue weighted by Gasteiger charge is -2.42. The van der Waals surface area contributed by atoms with E-state index in [9.17, 15) is 4.39 Å². The topological polar surface area (TPSA) is 0 Å². The molecule has 1 heteroatoms. The molecule has 4 rings (SSSR count). The molecule has 4 unspecified atom stereocenters. The minimum absolute atomic E-state index is 0.163. The highest BCUT2D eigenvalue weighted by Crippen LogP contribution is 2.48. The molecule has 27 heavy (non-hydrogen) atoms. The summed E-state index contributed by atoms with van der Waals surface area (Å²) in [6.07, 6.45) is 12.8. The zero-order chi connectivity index (χ0) is 18.6. The average Bonchev–Trinajstić information content (AvgIpc) is 2.72. The molecule has 2 aromatic rings. The van der Waals surface area contributed by atoms with Crippen LogP contribution in [-0.2, 0) is 0 Å². The predicted molar refractivity (Wildman–Crippen MR) is 112 cm³/mol. The Hall–Kier alpha value is -1.63. The fourth-order valence-electron chi connectivity index (χ4n) is 5.66. The van der Waals surface area contributed by atoms with Gasteiger partial charge >= 0.3 is 0 Å². The van der Waals surface area contributed by atoms with Gasteiger partial charge in [0.2, 0.25) is 0 Å². The number of halogens is 1. The number of hydrogen-bond acceptors (Lipinski definition) is 0. The van der Waals surface area contributed by atoms with Crippen LogP contribution in [-0.4, -0.2) is 0 Å². The van der Waals surface area contributed by atoms with Crippen molar-refractivity contribution in [3.05, 3.63) is 59.9 Å². The largest absolute Gasteiger partial charge is 0.207 e. The summed E-state index contributed by atoms with van der Waals surface area (Å²) >= 11 is 0. The Balaban J connectivity index is 1.38. The second-order valence-electron chi connectivity index (χ2n) is 8.98. The van der Waals surface area contributed by atoms with Gasteiger partial charge in [-0.05, 0) is 84.6 Å². The first-order valence-electron chi connectivity index (χ1n) is 11.1. The molecule has 0 N–H and O–H groups in total. The van der Waals surface area contributed by atoms with E-state index in [-0.39, 0.29) is 5.82 Å². The fraction of sp³-hybridized carbons (Fsp3) is 0.538. The zero-order valence-corrected chi connectivity index (χ0v) is 16.7. The van der Waals surface area contributed by atoms with Crippen molar-refractivity contribution in [1.29, 1.82) is 0 Å². The van der Waals surface area contributed by atoms with E-state index in [0.717, 1.165) is 34.8 Å². The molecule has 0 radical (unpaired) electrons. The number of unbranched alkanes of at least 4 members (excludes halogenated alkanes) is 1. The van der Waals surface area contributed by atoms with E-state index >= 15 is 0 Å². The SMILES string of the molecule is CCCCC1CCC2CC(c3ccc(-c4cccc(F)c4)cc3)CCC2C1. The van der Waals surface area contributed by atoms with Crippen molar-refractivity contribution in [3.8, 4) is 11.1 Å². The van der Waals surface area contributed by atoms with Crippen LogP contribution in [0.3, 0.4) is 0 Å². The van der Waals surface area contributed by atoms with Gasteiger partial charge in [-0.1, -0.05) is 69.0 Å². The summed E-state index contributed by atoms with van der Waals surface area (Å²) in [5.41, 5.74) is 3.57. The highest BCUT2D eigenvalue weighted by atomic mass is 19.1. The molecule has 0 amide bonds. The molecule has 0 saturated heterocycles. The Kier molecular flexibility index (Phi) is 5.95. The van der Waals surface area contributed by atoms with Gasteiger partial charge < -0.3 is 0 Å². The van der Waals surface area contributed by atoms with Gasteiger partial charge in [-0.3, -0.25) is 0 Å². The summed E-state index contributed by atoms with van der Waals surface area (Å²) in [5.74, 6) is 3.51. The third-order valence-corrected chi connectivity index (χ3v) is 7.23. The lowest BCUT2D eigenvalue weighted by molar-refractivity contribution is 0.113. The van der Waals surface area contributed by atoms with Crippen LogP contribution in [0.5, 0.6) is 0 Å². The van der Waals surface area contributed by atoms with Crippen LogP contribution in [0.25, 0.3) is 11.1 Å². The minimum Gasteiger partial charge on any atom is -0.207 e. The quantitative estimate of drug-likeness (QED) is 0.504. The lowest BCUT2D eigenvalue weighted by atomic mass is 9.63. The molecule has 2 saturated carbocycles. The molecule has 2 aromatic carbocycles. The Bertz CT molecular complexity index is 732. The molecule has 144 valence electrons. The van der Waals surface area contributed by atoms with Crippen LogP contribution in [0.4, 0.5) is 4.39 Å². The molecular formula is C26H33F. The Morgan fingerprint density at radius 2 is 1.63 bits per heavy atom. The van der Waals surface area contributed by atoms with Crippen LogP contribution >= 0.6 is 0 Å². The fourth-order valence-corrected chi connectivity index (χ4v) is 5.66. The Morgan fingerprint density at radius 3 is 2.41 bits per heavy atom. The molecule has 4 atom stereocenters. The minimum atomic E-state index is -0.163. The van der Waals surface area contributed by atoms with Crippen molar-refractivity contribution in [1.82, 2.24) is 0 Å². The highest BCUT2D eigenvalue weighted by molar-refractivity contribution is 5.63. The second kappa shape index (κ2) is 8.59. The molecule has 2 aliphatic carbocycles. The summed E-state index contributed by atoms with van der Waals surface area (Å²) in [7, 11) is 0. The molecule has 0 aliphatic heterocycles. The van der Waals surface area contributed by atoms with Crippen LogP contribution in [0.15, 0.2) is 48.5 Å². The maximum absolute atomic E-state index is 13.5. The van der Waals surface area contributed by atoms with E-state index < -0.39 is 0 Å². The van der Waals surface area contributed by atoms with E-state index in [1.807, 2.05) is 6.07 Å². The van der Waals surface area contributed by atoms with Crippen LogP contribution in [0.1, 0.15) is 76.2 Å². The van der Waals surface area contributed by atoms with Crippen LogP contribution < -0.4 is 0 Å². The first kappa shape index (κ1) is 18.7. The summed E-state index contributed by atoms with van der Waals surface area (Å²) in [5, 5.41) is 0. The number of rotatable bonds is 5. The monoisotopic (exact) mass is 364 g/mol. The predicted octanol–water partition coefficient (Wildman–Crippen LogP) is 7.98. The number of fused-ring (bicyclic) bond motifs is 1. The Labute approximate surface area is 164 Å². The molecule has 0 bridgehead atoms. The molecule has 2 aliphatic rings. The van der Waals surface area contributed by atoms with Crippen molar-refractivity contribution < 1.29 is 4.39 Å².